The summed E-state index contributed by atoms with van der Waals surface area (Å²) in [5.74, 6) is 1.02. The highest BCUT2D eigenvalue weighted by atomic mass is 32.2. The summed E-state index contributed by atoms with van der Waals surface area (Å²) in [4.78, 5) is 22.1. The van der Waals surface area contributed by atoms with Gasteiger partial charge in [-0.2, -0.15) is 4.31 Å². The SMILES string of the molecule is O=C(NCCc1ccccn1)C1CCCN(S(=O)(=O)c2ccccc2)CCc2nnc(-c3cccnc3)n2CC1. The van der Waals surface area contributed by atoms with Crippen LogP contribution in [0, 0.1) is 5.92 Å². The van der Waals surface area contributed by atoms with Crippen molar-refractivity contribution >= 4 is 15.9 Å². The van der Waals surface area contributed by atoms with Crippen molar-refractivity contribution < 1.29 is 13.2 Å². The molecule has 1 atom stereocenters. The van der Waals surface area contributed by atoms with Gasteiger partial charge in [-0.3, -0.25) is 14.8 Å². The van der Waals surface area contributed by atoms with Crippen molar-refractivity contribution in [2.24, 2.45) is 5.92 Å². The van der Waals surface area contributed by atoms with Gasteiger partial charge in [0.2, 0.25) is 15.9 Å². The molecule has 0 bridgehead atoms. The molecule has 3 aromatic heterocycles. The normalized spacial score (nSPS) is 16.9. The van der Waals surface area contributed by atoms with Crippen molar-refractivity contribution in [2.75, 3.05) is 19.6 Å². The number of fused-ring (bicyclic) bond motifs is 1. The zero-order valence-corrected chi connectivity index (χ0v) is 23.1. The highest BCUT2D eigenvalue weighted by Crippen LogP contribution is 2.24. The second kappa shape index (κ2) is 12.9. The van der Waals surface area contributed by atoms with Crippen LogP contribution >= 0.6 is 0 Å². The van der Waals surface area contributed by atoms with Crippen LogP contribution in [0.1, 0.15) is 30.8 Å². The number of aromatic nitrogens is 5. The van der Waals surface area contributed by atoms with E-state index < -0.39 is 10.0 Å². The zero-order valence-electron chi connectivity index (χ0n) is 22.3. The van der Waals surface area contributed by atoms with Gasteiger partial charge in [-0.1, -0.05) is 24.3 Å². The van der Waals surface area contributed by atoms with Crippen LogP contribution in [0.25, 0.3) is 11.4 Å². The number of sulfonamides is 1. The van der Waals surface area contributed by atoms with E-state index in [1.807, 2.05) is 34.9 Å². The van der Waals surface area contributed by atoms with Crippen molar-refractivity contribution in [3.63, 3.8) is 0 Å². The Balaban J connectivity index is 1.39. The summed E-state index contributed by atoms with van der Waals surface area (Å²) in [6, 6.07) is 18.0. The molecule has 1 amide bonds. The molecule has 4 heterocycles. The Labute approximate surface area is 234 Å². The summed E-state index contributed by atoms with van der Waals surface area (Å²) < 4.78 is 30.6. The van der Waals surface area contributed by atoms with Crippen molar-refractivity contribution in [3.05, 3.63) is 90.8 Å². The van der Waals surface area contributed by atoms with Crippen LogP contribution in [-0.2, 0) is 34.2 Å². The molecule has 0 aliphatic carbocycles. The lowest BCUT2D eigenvalue weighted by atomic mass is 9.98. The Kier molecular flexibility index (Phi) is 8.92. The predicted octanol–water partition coefficient (Wildman–Crippen LogP) is 3.13. The fourth-order valence-corrected chi connectivity index (χ4v) is 6.49. The summed E-state index contributed by atoms with van der Waals surface area (Å²) in [7, 11) is -3.71. The smallest absolute Gasteiger partial charge is 0.243 e. The maximum Gasteiger partial charge on any atom is 0.243 e. The van der Waals surface area contributed by atoms with Gasteiger partial charge in [-0.05, 0) is 55.7 Å². The average Bonchev–Trinajstić information content (AvgIpc) is 3.38. The third kappa shape index (κ3) is 6.60. The van der Waals surface area contributed by atoms with Gasteiger partial charge in [0.15, 0.2) is 5.82 Å². The Hall–Kier alpha value is -3.96. The number of nitrogens with zero attached hydrogens (tertiary/aromatic N) is 6. The second-order valence-corrected chi connectivity index (χ2v) is 11.7. The number of benzene rings is 1. The van der Waals surface area contributed by atoms with Gasteiger partial charge in [0, 0.05) is 74.8 Å². The largest absolute Gasteiger partial charge is 0.355 e. The van der Waals surface area contributed by atoms with Crippen molar-refractivity contribution in [1.82, 2.24) is 34.4 Å². The zero-order chi connectivity index (χ0) is 27.8. The molecular formula is C29H33N7O3S. The highest BCUT2D eigenvalue weighted by molar-refractivity contribution is 7.89. The molecule has 1 aliphatic rings. The average molecular weight is 560 g/mol. The van der Waals surface area contributed by atoms with E-state index in [0.29, 0.717) is 63.4 Å². The molecule has 10 nitrogen and oxygen atoms in total. The third-order valence-corrected chi connectivity index (χ3v) is 9.06. The van der Waals surface area contributed by atoms with E-state index in [4.69, 9.17) is 0 Å². The van der Waals surface area contributed by atoms with E-state index in [9.17, 15) is 13.2 Å². The van der Waals surface area contributed by atoms with Gasteiger partial charge >= 0.3 is 0 Å². The first-order valence-corrected chi connectivity index (χ1v) is 15.0. The third-order valence-electron chi connectivity index (χ3n) is 7.15. The first-order valence-electron chi connectivity index (χ1n) is 13.6. The fourth-order valence-electron chi connectivity index (χ4n) is 4.99. The number of hydrogen-bond donors (Lipinski definition) is 1. The minimum Gasteiger partial charge on any atom is -0.355 e. The highest BCUT2D eigenvalue weighted by Gasteiger charge is 2.28. The molecule has 0 saturated carbocycles. The molecule has 208 valence electrons. The van der Waals surface area contributed by atoms with E-state index in [-0.39, 0.29) is 23.3 Å². The van der Waals surface area contributed by atoms with Crippen LogP contribution in [-0.4, -0.2) is 63.0 Å². The van der Waals surface area contributed by atoms with Crippen LogP contribution in [0.15, 0.2) is 84.1 Å². The fraction of sp³-hybridized carbons (Fsp3) is 0.345. The molecule has 1 N–H and O–H groups in total. The first kappa shape index (κ1) is 27.6. The summed E-state index contributed by atoms with van der Waals surface area (Å²) in [6.45, 7) is 1.61. The Bertz CT molecular complexity index is 1500. The van der Waals surface area contributed by atoms with Gasteiger partial charge in [-0.15, -0.1) is 10.2 Å². The standard InChI is InChI=1S/C29H33N7O3S/c37-29(32-18-13-25-10-4-5-17-31-25)23-9-7-19-35(40(38,39)26-11-2-1-3-12-26)20-15-27-33-34-28(36(27)21-14-23)24-8-6-16-30-22-24/h1-6,8,10-12,16-17,22-23H,7,9,13-15,18-21H2,(H,32,37). The lowest BCUT2D eigenvalue weighted by Crippen LogP contribution is -2.35. The number of pyridine rings is 2. The number of nitrogens with one attached hydrogen (secondary N) is 1. The molecule has 5 rings (SSSR count). The summed E-state index contributed by atoms with van der Waals surface area (Å²) in [5.41, 5.74) is 1.74. The lowest BCUT2D eigenvalue weighted by molar-refractivity contribution is -0.125. The second-order valence-electron chi connectivity index (χ2n) is 9.79. The van der Waals surface area contributed by atoms with Crippen molar-refractivity contribution in [1.29, 1.82) is 0 Å². The predicted molar refractivity (Wildman–Crippen MR) is 150 cm³/mol. The summed E-state index contributed by atoms with van der Waals surface area (Å²) >= 11 is 0. The van der Waals surface area contributed by atoms with Gasteiger partial charge in [0.1, 0.15) is 5.82 Å². The molecule has 11 heteroatoms. The molecular weight excluding hydrogens is 526 g/mol. The van der Waals surface area contributed by atoms with Gasteiger partial charge < -0.3 is 9.88 Å². The Morgan fingerprint density at radius 1 is 0.925 bits per heavy atom. The van der Waals surface area contributed by atoms with Crippen molar-refractivity contribution in [3.8, 4) is 11.4 Å². The van der Waals surface area contributed by atoms with E-state index >= 15 is 0 Å². The minimum absolute atomic E-state index is 0.0369. The molecule has 0 fully saturated rings. The van der Waals surface area contributed by atoms with E-state index in [1.54, 1.807) is 48.9 Å². The monoisotopic (exact) mass is 559 g/mol. The van der Waals surface area contributed by atoms with E-state index in [1.165, 1.54) is 4.31 Å². The van der Waals surface area contributed by atoms with Crippen LogP contribution in [0.5, 0.6) is 0 Å². The van der Waals surface area contributed by atoms with E-state index in [0.717, 1.165) is 11.3 Å². The van der Waals surface area contributed by atoms with Crippen LogP contribution in [0.2, 0.25) is 0 Å². The molecule has 1 aliphatic heterocycles. The maximum absolute atomic E-state index is 13.6. The number of hydrogen-bond acceptors (Lipinski definition) is 7. The number of carbonyl (C=O) groups excluding carboxylic acids is 1. The van der Waals surface area contributed by atoms with Gasteiger partial charge in [0.25, 0.3) is 0 Å². The maximum atomic E-state index is 13.6. The molecule has 0 spiro atoms. The lowest BCUT2D eigenvalue weighted by Gasteiger charge is -2.22. The molecule has 1 aromatic carbocycles. The Morgan fingerprint density at radius 3 is 2.55 bits per heavy atom. The topological polar surface area (TPSA) is 123 Å². The summed E-state index contributed by atoms with van der Waals surface area (Å²) in [6.07, 6.45) is 7.94. The first-order chi connectivity index (χ1) is 19.5. The van der Waals surface area contributed by atoms with Gasteiger partial charge in [0.05, 0.1) is 4.90 Å². The van der Waals surface area contributed by atoms with E-state index in [2.05, 4.69) is 25.5 Å². The minimum atomic E-state index is -3.71. The quantitative estimate of drug-likeness (QED) is 0.369. The molecule has 40 heavy (non-hydrogen) atoms. The Morgan fingerprint density at radius 2 is 1.77 bits per heavy atom. The number of amides is 1. The summed E-state index contributed by atoms with van der Waals surface area (Å²) in [5, 5.41) is 11.9. The molecule has 0 radical (unpaired) electrons. The van der Waals surface area contributed by atoms with Crippen LogP contribution < -0.4 is 5.32 Å². The molecule has 1 unspecified atom stereocenters. The van der Waals surface area contributed by atoms with Crippen molar-refractivity contribution in [2.45, 2.75) is 43.5 Å². The van der Waals surface area contributed by atoms with Gasteiger partial charge in [-0.25, -0.2) is 8.42 Å². The van der Waals surface area contributed by atoms with Crippen LogP contribution in [0.3, 0.4) is 0 Å². The van der Waals surface area contributed by atoms with Crippen LogP contribution in [0.4, 0.5) is 0 Å². The molecule has 4 aromatic rings. The number of carbonyl (C=O) groups is 1. The molecule has 0 saturated heterocycles. The number of rotatable bonds is 7.